The maximum atomic E-state index is 11.5. The first-order chi connectivity index (χ1) is 8.33. The van der Waals surface area contributed by atoms with Crippen LogP contribution in [0.4, 0.5) is 0 Å². The van der Waals surface area contributed by atoms with Gasteiger partial charge in [0.2, 0.25) is 0 Å². The van der Waals surface area contributed by atoms with Crippen molar-refractivity contribution in [1.29, 1.82) is 0 Å². The fourth-order valence-electron chi connectivity index (χ4n) is 2.84. The fourth-order valence-corrected chi connectivity index (χ4v) is 2.84. The van der Waals surface area contributed by atoms with Crippen molar-refractivity contribution < 1.29 is 9.53 Å². The summed E-state index contributed by atoms with van der Waals surface area (Å²) in [6.45, 7) is 2.61. The minimum Gasteiger partial charge on any atom is -0.375 e. The zero-order valence-electron chi connectivity index (χ0n) is 9.84. The first kappa shape index (κ1) is 10.9. The van der Waals surface area contributed by atoms with Gasteiger partial charge in [-0.05, 0) is 5.56 Å². The van der Waals surface area contributed by atoms with Crippen molar-refractivity contribution in [2.75, 3.05) is 13.2 Å². The summed E-state index contributed by atoms with van der Waals surface area (Å²) in [5.41, 5.74) is 1.31. The van der Waals surface area contributed by atoms with E-state index in [1.807, 2.05) is 6.07 Å². The first-order valence-corrected chi connectivity index (χ1v) is 6.24. The molecule has 0 amide bonds. The molecule has 2 atom stereocenters. The molecule has 90 valence electrons. The van der Waals surface area contributed by atoms with Gasteiger partial charge >= 0.3 is 0 Å². The molecule has 1 heterocycles. The van der Waals surface area contributed by atoms with Crippen LogP contribution in [0.15, 0.2) is 30.3 Å². The fraction of sp³-hybridized carbons (Fsp3) is 0.500. The summed E-state index contributed by atoms with van der Waals surface area (Å²) in [6.07, 6.45) is 1.41. The van der Waals surface area contributed by atoms with Crippen LogP contribution in [-0.4, -0.2) is 36.0 Å². The highest BCUT2D eigenvalue weighted by Gasteiger charge is 2.40. The van der Waals surface area contributed by atoms with Gasteiger partial charge in [0, 0.05) is 32.0 Å². The van der Waals surface area contributed by atoms with E-state index in [4.69, 9.17) is 4.74 Å². The van der Waals surface area contributed by atoms with Crippen LogP contribution in [0.1, 0.15) is 18.4 Å². The van der Waals surface area contributed by atoms with Gasteiger partial charge in [-0.3, -0.25) is 9.69 Å². The molecule has 1 saturated heterocycles. The smallest absolute Gasteiger partial charge is 0.137 e. The van der Waals surface area contributed by atoms with Crippen LogP contribution >= 0.6 is 0 Å². The number of rotatable bonds is 2. The van der Waals surface area contributed by atoms with Gasteiger partial charge in [-0.15, -0.1) is 0 Å². The minimum atomic E-state index is 0.139. The first-order valence-electron chi connectivity index (χ1n) is 6.24. The standard InChI is InChI=1S/C14H17NO2/c16-12-8-13-14(9-12)17-7-6-15(13)10-11-4-2-1-3-5-11/h1-5,13-14H,6-10H2/t13-,14-/m0/s1. The molecule has 17 heavy (non-hydrogen) atoms. The average molecular weight is 231 g/mol. The summed E-state index contributed by atoms with van der Waals surface area (Å²) >= 11 is 0. The number of nitrogens with zero attached hydrogens (tertiary/aromatic N) is 1. The van der Waals surface area contributed by atoms with E-state index >= 15 is 0 Å². The van der Waals surface area contributed by atoms with E-state index in [-0.39, 0.29) is 6.10 Å². The molecule has 0 unspecified atom stereocenters. The zero-order valence-corrected chi connectivity index (χ0v) is 9.84. The number of hydrogen-bond donors (Lipinski definition) is 0. The van der Waals surface area contributed by atoms with Gasteiger partial charge in [0.25, 0.3) is 0 Å². The van der Waals surface area contributed by atoms with Gasteiger partial charge < -0.3 is 4.74 Å². The summed E-state index contributed by atoms with van der Waals surface area (Å²) < 4.78 is 5.68. The molecule has 1 aromatic rings. The van der Waals surface area contributed by atoms with Crippen molar-refractivity contribution in [2.45, 2.75) is 31.5 Å². The average Bonchev–Trinajstić information content (AvgIpc) is 2.72. The molecule has 1 aliphatic carbocycles. The van der Waals surface area contributed by atoms with Crippen molar-refractivity contribution in [1.82, 2.24) is 4.90 Å². The maximum Gasteiger partial charge on any atom is 0.137 e. The number of Topliss-reactive ketones (excluding diaryl/α,β-unsaturated/α-hetero) is 1. The normalized spacial score (nSPS) is 29.3. The highest BCUT2D eigenvalue weighted by Crippen LogP contribution is 2.28. The Balaban J connectivity index is 1.72. The molecular formula is C14H17NO2. The second kappa shape index (κ2) is 4.59. The lowest BCUT2D eigenvalue weighted by molar-refractivity contribution is -0.118. The number of ether oxygens (including phenoxy) is 1. The van der Waals surface area contributed by atoms with E-state index in [2.05, 4.69) is 29.2 Å². The monoisotopic (exact) mass is 231 g/mol. The molecule has 3 rings (SSSR count). The molecule has 0 N–H and O–H groups in total. The molecule has 2 aliphatic rings. The highest BCUT2D eigenvalue weighted by molar-refractivity contribution is 5.82. The van der Waals surface area contributed by atoms with Crippen molar-refractivity contribution in [2.24, 2.45) is 0 Å². The largest absolute Gasteiger partial charge is 0.375 e. The summed E-state index contributed by atoms with van der Waals surface area (Å²) in [7, 11) is 0. The molecule has 2 fully saturated rings. The van der Waals surface area contributed by atoms with Crippen LogP contribution in [-0.2, 0) is 16.1 Å². The number of hydrogen-bond acceptors (Lipinski definition) is 3. The zero-order chi connectivity index (χ0) is 11.7. The van der Waals surface area contributed by atoms with Crippen LogP contribution < -0.4 is 0 Å². The van der Waals surface area contributed by atoms with Crippen LogP contribution in [0.5, 0.6) is 0 Å². The van der Waals surface area contributed by atoms with Crippen LogP contribution in [0.2, 0.25) is 0 Å². The third-order valence-corrected chi connectivity index (χ3v) is 3.70. The second-order valence-electron chi connectivity index (χ2n) is 4.88. The van der Waals surface area contributed by atoms with E-state index in [0.717, 1.165) is 19.7 Å². The summed E-state index contributed by atoms with van der Waals surface area (Å²) in [4.78, 5) is 13.9. The van der Waals surface area contributed by atoms with Crippen molar-refractivity contribution >= 4 is 5.78 Å². The van der Waals surface area contributed by atoms with Gasteiger partial charge in [-0.2, -0.15) is 0 Å². The molecule has 0 aromatic heterocycles. The number of morpholine rings is 1. The van der Waals surface area contributed by atoms with E-state index in [1.54, 1.807) is 0 Å². The van der Waals surface area contributed by atoms with E-state index in [9.17, 15) is 4.79 Å². The molecule has 0 spiro atoms. The Bertz CT molecular complexity index is 404. The Morgan fingerprint density at radius 3 is 2.88 bits per heavy atom. The van der Waals surface area contributed by atoms with E-state index in [1.165, 1.54) is 5.56 Å². The summed E-state index contributed by atoms with van der Waals surface area (Å²) in [5, 5.41) is 0. The Morgan fingerprint density at radius 1 is 1.24 bits per heavy atom. The number of benzene rings is 1. The Labute approximate surface area is 101 Å². The van der Waals surface area contributed by atoms with E-state index < -0.39 is 0 Å². The van der Waals surface area contributed by atoms with Gasteiger partial charge in [-0.1, -0.05) is 30.3 Å². The lowest BCUT2D eigenvalue weighted by atomic mass is 10.1. The number of fused-ring (bicyclic) bond motifs is 1. The van der Waals surface area contributed by atoms with E-state index in [0.29, 0.717) is 24.7 Å². The predicted molar refractivity (Wildman–Crippen MR) is 64.6 cm³/mol. The molecule has 1 aromatic carbocycles. The minimum absolute atomic E-state index is 0.139. The lowest BCUT2D eigenvalue weighted by Crippen LogP contribution is -2.47. The molecule has 0 radical (unpaired) electrons. The van der Waals surface area contributed by atoms with Crippen LogP contribution in [0.25, 0.3) is 0 Å². The summed E-state index contributed by atoms with van der Waals surface area (Å²) in [6, 6.07) is 10.7. The topological polar surface area (TPSA) is 29.5 Å². The molecule has 3 heteroatoms. The quantitative estimate of drug-likeness (QED) is 0.774. The molecule has 3 nitrogen and oxygen atoms in total. The van der Waals surface area contributed by atoms with Gasteiger partial charge in [0.1, 0.15) is 5.78 Å². The van der Waals surface area contributed by atoms with Crippen molar-refractivity contribution in [3.05, 3.63) is 35.9 Å². The highest BCUT2D eigenvalue weighted by atomic mass is 16.5. The predicted octanol–water partition coefficient (Wildman–Crippen LogP) is 1.62. The molecule has 0 bridgehead atoms. The van der Waals surface area contributed by atoms with Crippen LogP contribution in [0.3, 0.4) is 0 Å². The molecule has 1 aliphatic heterocycles. The molecular weight excluding hydrogens is 214 g/mol. The Morgan fingerprint density at radius 2 is 2.06 bits per heavy atom. The SMILES string of the molecule is O=C1C[C@@H]2OCCN(Cc3ccccc3)[C@H]2C1. The number of carbonyl (C=O) groups is 1. The summed E-state index contributed by atoms with van der Waals surface area (Å²) in [5.74, 6) is 0.347. The Hall–Kier alpha value is -1.19. The molecule has 1 saturated carbocycles. The van der Waals surface area contributed by atoms with Crippen molar-refractivity contribution in [3.8, 4) is 0 Å². The third kappa shape index (κ3) is 2.26. The number of ketones is 1. The van der Waals surface area contributed by atoms with Crippen molar-refractivity contribution in [3.63, 3.8) is 0 Å². The number of carbonyl (C=O) groups excluding carboxylic acids is 1. The van der Waals surface area contributed by atoms with Gasteiger partial charge in [0.05, 0.1) is 12.7 Å². The lowest BCUT2D eigenvalue weighted by Gasteiger charge is -2.37. The maximum absolute atomic E-state index is 11.5. The third-order valence-electron chi connectivity index (χ3n) is 3.70. The van der Waals surface area contributed by atoms with Gasteiger partial charge in [-0.25, -0.2) is 0 Å². The van der Waals surface area contributed by atoms with Crippen LogP contribution in [0, 0.1) is 0 Å². The second-order valence-corrected chi connectivity index (χ2v) is 4.88. The van der Waals surface area contributed by atoms with Gasteiger partial charge in [0.15, 0.2) is 0 Å². The Kier molecular flexibility index (Phi) is 2.95.